The first-order valence-corrected chi connectivity index (χ1v) is 7.26. The van der Waals surface area contributed by atoms with Crippen LogP contribution in [0.5, 0.6) is 0 Å². The van der Waals surface area contributed by atoms with Crippen LogP contribution in [-0.4, -0.2) is 24.0 Å². The summed E-state index contributed by atoms with van der Waals surface area (Å²) in [6.07, 6.45) is 3.84. The van der Waals surface area contributed by atoms with Crippen LogP contribution in [-0.2, 0) is 0 Å². The van der Waals surface area contributed by atoms with Crippen LogP contribution in [0.3, 0.4) is 0 Å². The van der Waals surface area contributed by atoms with E-state index in [2.05, 4.69) is 24.0 Å². The van der Waals surface area contributed by atoms with Gasteiger partial charge in [0.2, 0.25) is 0 Å². The molecular formula is C16H22N2O. The SMILES string of the molecule is CCCN(CC(N)c1cc2ccccc2o1)C1CC1. The summed E-state index contributed by atoms with van der Waals surface area (Å²) in [4.78, 5) is 2.51. The maximum absolute atomic E-state index is 6.32. The first-order chi connectivity index (χ1) is 9.28. The maximum atomic E-state index is 6.32. The van der Waals surface area contributed by atoms with Crippen LogP contribution >= 0.6 is 0 Å². The minimum Gasteiger partial charge on any atom is -0.459 e. The van der Waals surface area contributed by atoms with Gasteiger partial charge in [0.1, 0.15) is 11.3 Å². The van der Waals surface area contributed by atoms with Crippen molar-refractivity contribution in [1.29, 1.82) is 0 Å². The van der Waals surface area contributed by atoms with E-state index in [-0.39, 0.29) is 6.04 Å². The molecule has 1 aromatic carbocycles. The molecule has 0 aliphatic heterocycles. The van der Waals surface area contributed by atoms with Gasteiger partial charge in [-0.15, -0.1) is 0 Å². The monoisotopic (exact) mass is 258 g/mol. The Morgan fingerprint density at radius 3 is 2.84 bits per heavy atom. The van der Waals surface area contributed by atoms with Crippen LogP contribution < -0.4 is 5.73 Å². The van der Waals surface area contributed by atoms with E-state index < -0.39 is 0 Å². The molecule has 102 valence electrons. The van der Waals surface area contributed by atoms with Crippen LogP contribution in [0.4, 0.5) is 0 Å². The number of benzene rings is 1. The molecule has 2 aromatic rings. The Kier molecular flexibility index (Phi) is 3.58. The van der Waals surface area contributed by atoms with Gasteiger partial charge in [-0.2, -0.15) is 0 Å². The number of fused-ring (bicyclic) bond motifs is 1. The molecule has 1 aromatic heterocycles. The van der Waals surface area contributed by atoms with Crippen LogP contribution in [0.2, 0.25) is 0 Å². The molecule has 19 heavy (non-hydrogen) atoms. The van der Waals surface area contributed by atoms with Gasteiger partial charge in [0.25, 0.3) is 0 Å². The summed E-state index contributed by atoms with van der Waals surface area (Å²) < 4.78 is 5.86. The molecule has 1 heterocycles. The number of nitrogens with zero attached hydrogens (tertiary/aromatic N) is 1. The number of hydrogen-bond acceptors (Lipinski definition) is 3. The molecule has 3 nitrogen and oxygen atoms in total. The van der Waals surface area contributed by atoms with Gasteiger partial charge >= 0.3 is 0 Å². The lowest BCUT2D eigenvalue weighted by atomic mass is 10.2. The topological polar surface area (TPSA) is 42.4 Å². The Labute approximate surface area is 114 Å². The van der Waals surface area contributed by atoms with E-state index in [0.29, 0.717) is 0 Å². The van der Waals surface area contributed by atoms with Gasteiger partial charge in [-0.1, -0.05) is 25.1 Å². The first-order valence-electron chi connectivity index (χ1n) is 7.26. The van der Waals surface area contributed by atoms with Crippen molar-refractivity contribution in [1.82, 2.24) is 4.90 Å². The van der Waals surface area contributed by atoms with Gasteiger partial charge in [-0.05, 0) is 37.9 Å². The van der Waals surface area contributed by atoms with Crippen LogP contribution in [0.15, 0.2) is 34.7 Å². The summed E-state index contributed by atoms with van der Waals surface area (Å²) in [5.41, 5.74) is 7.25. The van der Waals surface area contributed by atoms with Crippen molar-refractivity contribution in [3.8, 4) is 0 Å². The number of hydrogen-bond donors (Lipinski definition) is 1. The number of nitrogens with two attached hydrogens (primary N) is 1. The normalized spacial score (nSPS) is 17.2. The summed E-state index contributed by atoms with van der Waals surface area (Å²) >= 11 is 0. The third-order valence-electron chi connectivity index (χ3n) is 3.82. The molecule has 2 N–H and O–H groups in total. The summed E-state index contributed by atoms with van der Waals surface area (Å²) in [5, 5.41) is 1.14. The lowest BCUT2D eigenvalue weighted by Gasteiger charge is -2.23. The molecule has 1 aliphatic rings. The van der Waals surface area contributed by atoms with Gasteiger partial charge < -0.3 is 10.2 Å². The molecule has 1 unspecified atom stereocenters. The Morgan fingerprint density at radius 1 is 1.37 bits per heavy atom. The summed E-state index contributed by atoms with van der Waals surface area (Å²) in [5.74, 6) is 0.906. The van der Waals surface area contributed by atoms with Crippen LogP contribution in [0.1, 0.15) is 38.0 Å². The molecule has 3 rings (SSSR count). The van der Waals surface area contributed by atoms with Crippen LogP contribution in [0, 0.1) is 0 Å². The second-order valence-corrected chi connectivity index (χ2v) is 5.52. The number of rotatable bonds is 6. The van der Waals surface area contributed by atoms with Gasteiger partial charge in [0.15, 0.2) is 0 Å². The Balaban J connectivity index is 1.73. The number of para-hydroxylation sites is 1. The third-order valence-corrected chi connectivity index (χ3v) is 3.82. The Morgan fingerprint density at radius 2 is 2.16 bits per heavy atom. The van der Waals surface area contributed by atoms with Gasteiger partial charge in [0.05, 0.1) is 6.04 Å². The van der Waals surface area contributed by atoms with Crippen molar-refractivity contribution in [3.05, 3.63) is 36.1 Å². The van der Waals surface area contributed by atoms with E-state index in [1.807, 2.05) is 18.2 Å². The number of furan rings is 1. The molecular weight excluding hydrogens is 236 g/mol. The molecule has 0 amide bonds. The summed E-state index contributed by atoms with van der Waals surface area (Å²) in [6.45, 7) is 4.26. The molecule has 0 saturated heterocycles. The minimum atomic E-state index is -0.0282. The highest BCUT2D eigenvalue weighted by atomic mass is 16.3. The zero-order chi connectivity index (χ0) is 13.2. The smallest absolute Gasteiger partial charge is 0.134 e. The predicted octanol–water partition coefficient (Wildman–Crippen LogP) is 3.31. The minimum absolute atomic E-state index is 0.0282. The second-order valence-electron chi connectivity index (χ2n) is 5.52. The van der Waals surface area contributed by atoms with Crippen molar-refractivity contribution >= 4 is 11.0 Å². The van der Waals surface area contributed by atoms with Crippen molar-refractivity contribution in [3.63, 3.8) is 0 Å². The van der Waals surface area contributed by atoms with Crippen molar-refractivity contribution < 1.29 is 4.42 Å². The molecule has 1 fully saturated rings. The molecule has 1 aliphatic carbocycles. The van der Waals surface area contributed by atoms with Crippen molar-refractivity contribution in [2.45, 2.75) is 38.3 Å². The zero-order valence-electron chi connectivity index (χ0n) is 11.5. The maximum Gasteiger partial charge on any atom is 0.134 e. The predicted molar refractivity (Wildman–Crippen MR) is 78.0 cm³/mol. The van der Waals surface area contributed by atoms with Crippen LogP contribution in [0.25, 0.3) is 11.0 Å². The molecule has 0 bridgehead atoms. The zero-order valence-corrected chi connectivity index (χ0v) is 11.5. The van der Waals surface area contributed by atoms with E-state index in [9.17, 15) is 0 Å². The first kappa shape index (κ1) is 12.7. The highest BCUT2D eigenvalue weighted by Gasteiger charge is 2.30. The highest BCUT2D eigenvalue weighted by Crippen LogP contribution is 2.29. The van der Waals surface area contributed by atoms with Gasteiger partial charge in [-0.25, -0.2) is 0 Å². The standard InChI is InChI=1S/C16H22N2O/c1-2-9-18(13-7-8-13)11-14(17)16-10-12-5-3-4-6-15(12)19-16/h3-6,10,13-14H,2,7-9,11,17H2,1H3. The fraction of sp³-hybridized carbons (Fsp3) is 0.500. The van der Waals surface area contributed by atoms with E-state index in [0.717, 1.165) is 35.9 Å². The second kappa shape index (κ2) is 5.35. The average Bonchev–Trinajstić information content (AvgIpc) is 3.16. The van der Waals surface area contributed by atoms with Crippen molar-refractivity contribution in [2.75, 3.05) is 13.1 Å². The Bertz CT molecular complexity index is 511. The van der Waals surface area contributed by atoms with E-state index in [4.69, 9.17) is 10.2 Å². The Hall–Kier alpha value is -1.32. The van der Waals surface area contributed by atoms with E-state index >= 15 is 0 Å². The lowest BCUT2D eigenvalue weighted by Crippen LogP contribution is -2.34. The van der Waals surface area contributed by atoms with E-state index in [1.54, 1.807) is 0 Å². The fourth-order valence-electron chi connectivity index (χ4n) is 2.68. The fourth-order valence-corrected chi connectivity index (χ4v) is 2.68. The average molecular weight is 258 g/mol. The van der Waals surface area contributed by atoms with E-state index in [1.165, 1.54) is 19.3 Å². The molecule has 0 spiro atoms. The van der Waals surface area contributed by atoms with Gasteiger partial charge in [0, 0.05) is 18.0 Å². The molecule has 3 heteroatoms. The third kappa shape index (κ3) is 2.82. The summed E-state index contributed by atoms with van der Waals surface area (Å²) in [6, 6.07) is 10.9. The largest absolute Gasteiger partial charge is 0.459 e. The lowest BCUT2D eigenvalue weighted by molar-refractivity contribution is 0.239. The molecule has 1 saturated carbocycles. The summed E-state index contributed by atoms with van der Waals surface area (Å²) in [7, 11) is 0. The quantitative estimate of drug-likeness (QED) is 0.864. The highest BCUT2D eigenvalue weighted by molar-refractivity contribution is 5.77. The molecule has 1 atom stereocenters. The van der Waals surface area contributed by atoms with Gasteiger partial charge in [-0.3, -0.25) is 4.90 Å². The molecule has 0 radical (unpaired) electrons. The van der Waals surface area contributed by atoms with Crippen molar-refractivity contribution in [2.24, 2.45) is 5.73 Å².